The molecule has 0 amide bonds. The Bertz CT molecular complexity index is 480. The minimum Gasteiger partial charge on any atom is -0.132 e. The molecule has 1 heterocycles. The van der Waals surface area contributed by atoms with E-state index in [9.17, 15) is 0 Å². The third-order valence-electron chi connectivity index (χ3n) is 2.72. The summed E-state index contributed by atoms with van der Waals surface area (Å²) in [5, 5.41) is 0. The van der Waals surface area contributed by atoms with Crippen molar-refractivity contribution in [2.45, 2.75) is 25.1 Å². The lowest BCUT2D eigenvalue weighted by Gasteiger charge is -2.07. The van der Waals surface area contributed by atoms with Gasteiger partial charge in [0.15, 0.2) is 0 Å². The predicted molar refractivity (Wildman–Crippen MR) is 83.3 cm³/mol. The molecule has 0 saturated heterocycles. The van der Waals surface area contributed by atoms with Gasteiger partial charge in [0.2, 0.25) is 0 Å². The number of halogens is 2. The second-order valence-electron chi connectivity index (χ2n) is 4.26. The second kappa shape index (κ2) is 5.68. The average molecular weight is 374 g/mol. The summed E-state index contributed by atoms with van der Waals surface area (Å²) in [4.78, 5) is 1.79. The van der Waals surface area contributed by atoms with E-state index in [0.29, 0.717) is 4.83 Å². The Morgan fingerprint density at radius 2 is 1.82 bits per heavy atom. The molecule has 1 aromatic carbocycles. The molecule has 1 atom stereocenters. The van der Waals surface area contributed by atoms with Gasteiger partial charge in [0.1, 0.15) is 0 Å². The lowest BCUT2D eigenvalue weighted by Crippen LogP contribution is -1.92. The fourth-order valence-corrected chi connectivity index (χ4v) is 4.00. The molecule has 1 aromatic heterocycles. The van der Waals surface area contributed by atoms with Crippen molar-refractivity contribution in [2.75, 3.05) is 0 Å². The Balaban J connectivity index is 2.11. The van der Waals surface area contributed by atoms with Crippen LogP contribution in [-0.2, 0) is 6.42 Å². The predicted octanol–water partition coefficient (Wildman–Crippen LogP) is 5.81. The maximum absolute atomic E-state index is 3.78. The van der Waals surface area contributed by atoms with Gasteiger partial charge in [-0.1, -0.05) is 45.8 Å². The summed E-state index contributed by atoms with van der Waals surface area (Å²) < 4.78 is 1.24. The molecule has 0 nitrogen and oxygen atoms in total. The topological polar surface area (TPSA) is 0 Å². The van der Waals surface area contributed by atoms with Crippen molar-refractivity contribution in [3.8, 4) is 0 Å². The summed E-state index contributed by atoms with van der Waals surface area (Å²) in [5.74, 6) is 0. The third kappa shape index (κ3) is 3.43. The zero-order valence-corrected chi connectivity index (χ0v) is 13.8. The number of alkyl halides is 1. The molecule has 3 heteroatoms. The maximum atomic E-state index is 3.78. The smallest absolute Gasteiger partial charge is 0.0730 e. The minimum atomic E-state index is 0.403. The van der Waals surface area contributed by atoms with Gasteiger partial charge in [-0.15, -0.1) is 11.3 Å². The molecule has 0 aliphatic carbocycles. The highest BCUT2D eigenvalue weighted by Gasteiger charge is 2.12. The lowest BCUT2D eigenvalue weighted by molar-refractivity contribution is 0.967. The fourth-order valence-electron chi connectivity index (χ4n) is 1.67. The van der Waals surface area contributed by atoms with Crippen LogP contribution in [0.1, 0.15) is 26.4 Å². The number of thiophene rings is 1. The van der Waals surface area contributed by atoms with Gasteiger partial charge in [0.05, 0.1) is 8.61 Å². The van der Waals surface area contributed by atoms with Crippen LogP contribution in [0.3, 0.4) is 0 Å². The van der Waals surface area contributed by atoms with Crippen LogP contribution in [-0.4, -0.2) is 0 Å². The molecular weight excluding hydrogens is 360 g/mol. The van der Waals surface area contributed by atoms with E-state index in [4.69, 9.17) is 0 Å². The maximum Gasteiger partial charge on any atom is 0.0730 e. The molecule has 0 radical (unpaired) electrons. The van der Waals surface area contributed by atoms with E-state index in [0.717, 1.165) is 6.42 Å². The van der Waals surface area contributed by atoms with Crippen molar-refractivity contribution in [1.29, 1.82) is 0 Å². The Kier molecular flexibility index (Phi) is 4.45. The largest absolute Gasteiger partial charge is 0.132 e. The van der Waals surface area contributed by atoms with Crippen LogP contribution in [0.4, 0.5) is 0 Å². The number of benzene rings is 1. The van der Waals surface area contributed by atoms with Gasteiger partial charge in [-0.3, -0.25) is 0 Å². The van der Waals surface area contributed by atoms with Gasteiger partial charge in [-0.05, 0) is 53.4 Å². The summed E-state index contributed by atoms with van der Waals surface area (Å²) in [6, 6.07) is 11.0. The van der Waals surface area contributed by atoms with Crippen molar-refractivity contribution in [3.63, 3.8) is 0 Å². The Morgan fingerprint density at radius 1 is 1.18 bits per heavy atom. The van der Waals surface area contributed by atoms with E-state index in [1.807, 2.05) is 11.3 Å². The normalized spacial score (nSPS) is 12.7. The zero-order valence-electron chi connectivity index (χ0n) is 9.84. The van der Waals surface area contributed by atoms with Crippen molar-refractivity contribution in [3.05, 3.63) is 55.7 Å². The van der Waals surface area contributed by atoms with Crippen molar-refractivity contribution < 1.29 is 0 Å². The first-order chi connectivity index (χ1) is 8.06. The molecule has 0 bridgehead atoms. The van der Waals surface area contributed by atoms with Crippen molar-refractivity contribution >= 4 is 43.2 Å². The monoisotopic (exact) mass is 372 g/mol. The Labute approximate surface area is 123 Å². The summed E-state index contributed by atoms with van der Waals surface area (Å²) in [7, 11) is 0. The zero-order chi connectivity index (χ0) is 12.4. The molecular formula is C14H14Br2S. The molecule has 0 spiro atoms. The van der Waals surface area contributed by atoms with Gasteiger partial charge in [0, 0.05) is 4.88 Å². The van der Waals surface area contributed by atoms with Crippen molar-refractivity contribution in [1.82, 2.24) is 0 Å². The summed E-state index contributed by atoms with van der Waals surface area (Å²) in [6.07, 6.45) is 1.03. The highest BCUT2D eigenvalue weighted by molar-refractivity contribution is 9.11. The Morgan fingerprint density at radius 3 is 2.35 bits per heavy atom. The van der Waals surface area contributed by atoms with E-state index >= 15 is 0 Å². The Hall–Kier alpha value is -0.120. The van der Waals surface area contributed by atoms with E-state index in [1.165, 1.54) is 25.4 Å². The molecule has 2 aromatic rings. The van der Waals surface area contributed by atoms with Crippen LogP contribution in [0, 0.1) is 13.8 Å². The second-order valence-corrected chi connectivity index (χ2v) is 7.77. The molecule has 17 heavy (non-hydrogen) atoms. The molecule has 2 rings (SSSR count). The van der Waals surface area contributed by atoms with E-state index in [1.54, 1.807) is 0 Å². The molecule has 0 aliphatic rings. The van der Waals surface area contributed by atoms with Crippen LogP contribution in [0.25, 0.3) is 0 Å². The van der Waals surface area contributed by atoms with Crippen LogP contribution in [0.2, 0.25) is 0 Å². The van der Waals surface area contributed by atoms with Gasteiger partial charge in [-0.2, -0.15) is 0 Å². The highest BCUT2D eigenvalue weighted by atomic mass is 79.9. The molecule has 0 N–H and O–H groups in total. The first-order valence-corrected chi connectivity index (χ1v) is 8.04. The average Bonchev–Trinajstić information content (AvgIpc) is 2.63. The van der Waals surface area contributed by atoms with Crippen LogP contribution in [0.15, 0.2) is 34.1 Å². The standard InChI is InChI=1S/C14H14Br2S/c1-9-3-5-11(6-4-9)8-12(15)13-7-10(2)14(16)17-13/h3-7,12H,8H2,1-2H3. The number of hydrogen-bond donors (Lipinski definition) is 0. The number of hydrogen-bond acceptors (Lipinski definition) is 1. The SMILES string of the molecule is Cc1ccc(CC(Br)c2cc(C)c(Br)s2)cc1. The minimum absolute atomic E-state index is 0.403. The molecule has 1 unspecified atom stereocenters. The van der Waals surface area contributed by atoms with Crippen LogP contribution in [0.5, 0.6) is 0 Å². The first-order valence-electron chi connectivity index (χ1n) is 5.51. The van der Waals surface area contributed by atoms with Gasteiger partial charge in [0.25, 0.3) is 0 Å². The van der Waals surface area contributed by atoms with E-state index < -0.39 is 0 Å². The highest BCUT2D eigenvalue weighted by Crippen LogP contribution is 2.36. The number of rotatable bonds is 3. The summed E-state index contributed by atoms with van der Waals surface area (Å²) in [6.45, 7) is 4.25. The molecule has 0 saturated carbocycles. The van der Waals surface area contributed by atoms with Gasteiger partial charge >= 0.3 is 0 Å². The summed E-state index contributed by atoms with van der Waals surface area (Å²) >= 11 is 9.17. The van der Waals surface area contributed by atoms with Gasteiger partial charge < -0.3 is 0 Å². The summed E-state index contributed by atoms with van der Waals surface area (Å²) in [5.41, 5.74) is 4.01. The van der Waals surface area contributed by atoms with Crippen LogP contribution >= 0.6 is 43.2 Å². The van der Waals surface area contributed by atoms with E-state index in [2.05, 4.69) is 76.0 Å². The first kappa shape index (κ1) is 13.3. The molecule has 90 valence electrons. The van der Waals surface area contributed by atoms with Gasteiger partial charge in [-0.25, -0.2) is 0 Å². The van der Waals surface area contributed by atoms with Crippen molar-refractivity contribution in [2.24, 2.45) is 0 Å². The molecule has 0 fully saturated rings. The van der Waals surface area contributed by atoms with Crippen LogP contribution < -0.4 is 0 Å². The molecule has 0 aliphatic heterocycles. The quantitative estimate of drug-likeness (QED) is 0.596. The number of aryl methyl sites for hydroxylation is 2. The lowest BCUT2D eigenvalue weighted by atomic mass is 10.1. The fraction of sp³-hybridized carbons (Fsp3) is 0.286. The third-order valence-corrected chi connectivity index (χ3v) is 6.09. The van der Waals surface area contributed by atoms with E-state index in [-0.39, 0.29) is 0 Å².